The van der Waals surface area contributed by atoms with Gasteiger partial charge in [0.2, 0.25) is 0 Å². The van der Waals surface area contributed by atoms with Gasteiger partial charge in [-0.3, -0.25) is 0 Å². The average Bonchev–Trinajstić information content (AvgIpc) is 2.93. The van der Waals surface area contributed by atoms with Crippen molar-refractivity contribution in [1.29, 1.82) is 0 Å². The first-order valence-electron chi connectivity index (χ1n) is 8.11. The fourth-order valence-corrected chi connectivity index (χ4v) is 3.08. The van der Waals surface area contributed by atoms with Crippen LogP contribution in [0.15, 0.2) is 42.5 Å². The van der Waals surface area contributed by atoms with Crippen LogP contribution in [0.5, 0.6) is 11.5 Å². The molecule has 0 N–H and O–H groups in total. The molecule has 0 bridgehead atoms. The summed E-state index contributed by atoms with van der Waals surface area (Å²) in [6.07, 6.45) is 0. The van der Waals surface area contributed by atoms with E-state index in [0.717, 1.165) is 28.0 Å². The van der Waals surface area contributed by atoms with Gasteiger partial charge in [0.05, 0.1) is 31.9 Å². The van der Waals surface area contributed by atoms with E-state index in [1.54, 1.807) is 7.11 Å². The van der Waals surface area contributed by atoms with E-state index in [2.05, 4.69) is 0 Å². The van der Waals surface area contributed by atoms with Gasteiger partial charge in [-0.15, -0.1) is 0 Å². The molecule has 0 aliphatic heterocycles. The number of hydrogen-bond donors (Lipinski definition) is 0. The summed E-state index contributed by atoms with van der Waals surface area (Å²) in [6.45, 7) is 4.49. The third kappa shape index (κ3) is 2.93. The molecule has 0 saturated carbocycles. The summed E-state index contributed by atoms with van der Waals surface area (Å²) >= 11 is 0. The molecule has 0 aliphatic carbocycles. The molecule has 3 rings (SSSR count). The molecule has 0 unspecified atom stereocenters. The van der Waals surface area contributed by atoms with Crippen molar-refractivity contribution < 1.29 is 19.0 Å². The van der Waals surface area contributed by atoms with Gasteiger partial charge >= 0.3 is 5.97 Å². The predicted molar refractivity (Wildman–Crippen MR) is 97.1 cm³/mol. The molecule has 3 aromatic rings. The lowest BCUT2D eigenvalue weighted by Gasteiger charge is -2.10. The molecule has 0 aliphatic rings. The molecule has 5 heteroatoms. The number of fused-ring (bicyclic) bond motifs is 1. The van der Waals surface area contributed by atoms with Crippen molar-refractivity contribution in [2.75, 3.05) is 20.8 Å². The van der Waals surface area contributed by atoms with Crippen molar-refractivity contribution in [3.8, 4) is 17.2 Å². The van der Waals surface area contributed by atoms with Crippen LogP contribution in [0.2, 0.25) is 0 Å². The molecular weight excluding hydrogens is 318 g/mol. The van der Waals surface area contributed by atoms with Crippen molar-refractivity contribution in [3.63, 3.8) is 0 Å². The lowest BCUT2D eigenvalue weighted by Crippen LogP contribution is -2.04. The SMILES string of the molecule is CCOc1ccc(-n2c(C)c(C(=O)OC)c3cc(OC)ccc32)cc1. The summed E-state index contributed by atoms with van der Waals surface area (Å²) in [5.41, 5.74) is 3.23. The number of methoxy groups -OCH3 is 2. The highest BCUT2D eigenvalue weighted by molar-refractivity contribution is 6.06. The van der Waals surface area contributed by atoms with E-state index in [1.807, 2.05) is 60.9 Å². The van der Waals surface area contributed by atoms with Crippen LogP contribution in [0, 0.1) is 6.92 Å². The zero-order valence-corrected chi connectivity index (χ0v) is 14.8. The average molecular weight is 339 g/mol. The molecule has 1 aromatic heterocycles. The minimum Gasteiger partial charge on any atom is -0.497 e. The highest BCUT2D eigenvalue weighted by Crippen LogP contribution is 2.32. The second kappa shape index (κ2) is 6.89. The summed E-state index contributed by atoms with van der Waals surface area (Å²) in [7, 11) is 3.00. The first-order chi connectivity index (χ1) is 12.1. The largest absolute Gasteiger partial charge is 0.497 e. The molecular formula is C20H21NO4. The third-order valence-corrected chi connectivity index (χ3v) is 4.21. The highest BCUT2D eigenvalue weighted by Gasteiger charge is 2.21. The van der Waals surface area contributed by atoms with Crippen LogP contribution in [0.3, 0.4) is 0 Å². The maximum atomic E-state index is 12.3. The maximum absolute atomic E-state index is 12.3. The Kier molecular flexibility index (Phi) is 4.65. The number of carbonyl (C=O) groups excluding carboxylic acids is 1. The van der Waals surface area contributed by atoms with Crippen LogP contribution in [0.25, 0.3) is 16.6 Å². The van der Waals surface area contributed by atoms with Crippen molar-refractivity contribution in [2.45, 2.75) is 13.8 Å². The van der Waals surface area contributed by atoms with Gasteiger partial charge in [0, 0.05) is 16.8 Å². The molecule has 1 heterocycles. The van der Waals surface area contributed by atoms with Crippen LogP contribution in [-0.2, 0) is 4.74 Å². The Morgan fingerprint density at radius 2 is 1.72 bits per heavy atom. The quantitative estimate of drug-likeness (QED) is 0.656. The fraction of sp³-hybridized carbons (Fsp3) is 0.250. The Morgan fingerprint density at radius 3 is 2.32 bits per heavy atom. The van der Waals surface area contributed by atoms with E-state index in [9.17, 15) is 4.79 Å². The topological polar surface area (TPSA) is 49.7 Å². The van der Waals surface area contributed by atoms with Crippen molar-refractivity contribution >= 4 is 16.9 Å². The van der Waals surface area contributed by atoms with Gasteiger partial charge in [0.15, 0.2) is 0 Å². The van der Waals surface area contributed by atoms with Gasteiger partial charge in [-0.25, -0.2) is 4.79 Å². The van der Waals surface area contributed by atoms with E-state index in [4.69, 9.17) is 14.2 Å². The minimum atomic E-state index is -0.361. The number of nitrogens with zero attached hydrogens (tertiary/aromatic N) is 1. The summed E-state index contributed by atoms with van der Waals surface area (Å²) < 4.78 is 17.8. The molecule has 0 atom stereocenters. The molecule has 25 heavy (non-hydrogen) atoms. The van der Waals surface area contributed by atoms with Crippen molar-refractivity contribution in [1.82, 2.24) is 4.57 Å². The summed E-state index contributed by atoms with van der Waals surface area (Å²) in [6, 6.07) is 13.5. The van der Waals surface area contributed by atoms with Gasteiger partial charge in [-0.05, 0) is 56.3 Å². The Balaban J connectivity index is 2.24. The van der Waals surface area contributed by atoms with Crippen LogP contribution in [0.1, 0.15) is 23.0 Å². The fourth-order valence-electron chi connectivity index (χ4n) is 3.08. The van der Waals surface area contributed by atoms with Crippen LogP contribution in [-0.4, -0.2) is 31.4 Å². The van der Waals surface area contributed by atoms with E-state index < -0.39 is 0 Å². The number of carbonyl (C=O) groups is 1. The van der Waals surface area contributed by atoms with Gasteiger partial charge in [-0.1, -0.05) is 0 Å². The summed E-state index contributed by atoms with van der Waals surface area (Å²) in [5, 5.41) is 0.803. The van der Waals surface area contributed by atoms with Crippen LogP contribution < -0.4 is 9.47 Å². The number of rotatable bonds is 5. The number of esters is 1. The molecule has 0 radical (unpaired) electrons. The minimum absolute atomic E-state index is 0.361. The Morgan fingerprint density at radius 1 is 1.04 bits per heavy atom. The monoisotopic (exact) mass is 339 g/mol. The van der Waals surface area contributed by atoms with Gasteiger partial charge in [-0.2, -0.15) is 0 Å². The van der Waals surface area contributed by atoms with Gasteiger partial charge in [0.25, 0.3) is 0 Å². The van der Waals surface area contributed by atoms with E-state index in [0.29, 0.717) is 17.9 Å². The molecule has 0 spiro atoms. The maximum Gasteiger partial charge on any atom is 0.340 e. The smallest absolute Gasteiger partial charge is 0.340 e. The van der Waals surface area contributed by atoms with E-state index >= 15 is 0 Å². The zero-order valence-electron chi connectivity index (χ0n) is 14.8. The lowest BCUT2D eigenvalue weighted by atomic mass is 10.1. The van der Waals surface area contributed by atoms with Crippen molar-refractivity contribution in [3.05, 3.63) is 53.7 Å². The molecule has 130 valence electrons. The molecule has 5 nitrogen and oxygen atoms in total. The Bertz CT molecular complexity index is 910. The lowest BCUT2D eigenvalue weighted by molar-refractivity contribution is 0.0602. The normalized spacial score (nSPS) is 10.7. The Labute approximate surface area is 146 Å². The first kappa shape index (κ1) is 16.9. The molecule has 0 amide bonds. The van der Waals surface area contributed by atoms with Crippen molar-refractivity contribution in [2.24, 2.45) is 0 Å². The second-order valence-corrected chi connectivity index (χ2v) is 5.60. The molecule has 2 aromatic carbocycles. The van der Waals surface area contributed by atoms with Crippen LogP contribution >= 0.6 is 0 Å². The van der Waals surface area contributed by atoms with E-state index in [1.165, 1.54) is 7.11 Å². The molecule has 0 fully saturated rings. The number of aromatic nitrogens is 1. The molecule has 0 saturated heterocycles. The zero-order chi connectivity index (χ0) is 18.0. The first-order valence-corrected chi connectivity index (χ1v) is 8.11. The summed E-state index contributed by atoms with van der Waals surface area (Å²) in [4.78, 5) is 12.3. The summed E-state index contributed by atoms with van der Waals surface area (Å²) in [5.74, 6) is 1.15. The third-order valence-electron chi connectivity index (χ3n) is 4.21. The predicted octanol–water partition coefficient (Wildman–Crippen LogP) is 4.13. The number of benzene rings is 2. The Hall–Kier alpha value is -2.95. The van der Waals surface area contributed by atoms with E-state index in [-0.39, 0.29) is 5.97 Å². The number of ether oxygens (including phenoxy) is 3. The second-order valence-electron chi connectivity index (χ2n) is 5.60. The highest BCUT2D eigenvalue weighted by atomic mass is 16.5. The van der Waals surface area contributed by atoms with Gasteiger partial charge in [0.1, 0.15) is 11.5 Å². The van der Waals surface area contributed by atoms with Gasteiger partial charge < -0.3 is 18.8 Å². The standard InChI is InChI=1S/C20H21NO4/c1-5-25-15-8-6-14(7-9-15)21-13(2)19(20(22)24-4)17-12-16(23-3)10-11-18(17)21/h6-12H,5H2,1-4H3. The van der Waals surface area contributed by atoms with Crippen LogP contribution in [0.4, 0.5) is 0 Å². The number of hydrogen-bond acceptors (Lipinski definition) is 4.